The van der Waals surface area contributed by atoms with Crippen LogP contribution < -0.4 is 5.73 Å². The van der Waals surface area contributed by atoms with Crippen molar-refractivity contribution in [1.82, 2.24) is 4.98 Å². The molecule has 4 nitrogen and oxygen atoms in total. The van der Waals surface area contributed by atoms with Gasteiger partial charge in [0.1, 0.15) is 6.10 Å². The van der Waals surface area contributed by atoms with Crippen molar-refractivity contribution in [2.75, 3.05) is 6.54 Å². The van der Waals surface area contributed by atoms with Crippen LogP contribution in [0, 0.1) is 0 Å². The fourth-order valence-electron chi connectivity index (χ4n) is 1.08. The molecule has 0 amide bonds. The lowest BCUT2D eigenvalue weighted by Crippen LogP contribution is -2.22. The van der Waals surface area contributed by atoms with Crippen molar-refractivity contribution in [3.05, 3.63) is 30.1 Å². The molecule has 4 heteroatoms. The second-order valence-electron chi connectivity index (χ2n) is 2.84. The number of aromatic nitrogens is 1. The third kappa shape index (κ3) is 2.77. The summed E-state index contributed by atoms with van der Waals surface area (Å²) in [5, 5.41) is 19.0. The lowest BCUT2D eigenvalue weighted by atomic mass is 10.1. The lowest BCUT2D eigenvalue weighted by molar-refractivity contribution is 0.0125. The van der Waals surface area contributed by atoms with Gasteiger partial charge in [0.05, 0.1) is 11.8 Å². The monoisotopic (exact) mass is 182 g/mol. The Morgan fingerprint density at radius 3 is 2.69 bits per heavy atom. The van der Waals surface area contributed by atoms with Crippen LogP contribution in [-0.4, -0.2) is 27.8 Å². The maximum Gasteiger partial charge on any atom is 0.122 e. The Morgan fingerprint density at radius 1 is 1.38 bits per heavy atom. The van der Waals surface area contributed by atoms with Crippen molar-refractivity contribution < 1.29 is 10.2 Å². The average molecular weight is 182 g/mol. The van der Waals surface area contributed by atoms with Gasteiger partial charge in [-0.2, -0.15) is 0 Å². The van der Waals surface area contributed by atoms with Crippen molar-refractivity contribution in [2.24, 2.45) is 5.73 Å². The van der Waals surface area contributed by atoms with E-state index in [1.54, 1.807) is 24.4 Å². The first-order valence-corrected chi connectivity index (χ1v) is 4.23. The fraction of sp³-hybridized carbons (Fsp3) is 0.444. The van der Waals surface area contributed by atoms with Crippen LogP contribution in [-0.2, 0) is 0 Å². The van der Waals surface area contributed by atoms with Gasteiger partial charge in [0.15, 0.2) is 0 Å². The Labute approximate surface area is 77.0 Å². The summed E-state index contributed by atoms with van der Waals surface area (Å²) in [6.07, 6.45) is 0.176. The number of nitrogens with two attached hydrogens (primary N) is 1. The SMILES string of the molecule is NCCC(O)C(O)c1ccccn1. The molecule has 0 fully saturated rings. The van der Waals surface area contributed by atoms with Gasteiger partial charge in [-0.15, -0.1) is 0 Å². The molecule has 1 aromatic rings. The molecule has 0 aromatic carbocycles. The molecule has 0 aliphatic carbocycles. The van der Waals surface area contributed by atoms with Crippen molar-refractivity contribution in [1.29, 1.82) is 0 Å². The maximum absolute atomic E-state index is 9.55. The first kappa shape index (κ1) is 10.1. The van der Waals surface area contributed by atoms with E-state index in [4.69, 9.17) is 5.73 Å². The lowest BCUT2D eigenvalue weighted by Gasteiger charge is -2.15. The molecule has 0 saturated carbocycles. The molecule has 0 spiro atoms. The summed E-state index contributed by atoms with van der Waals surface area (Å²) in [4.78, 5) is 3.93. The topological polar surface area (TPSA) is 79.4 Å². The van der Waals surface area contributed by atoms with Gasteiger partial charge in [0, 0.05) is 6.20 Å². The van der Waals surface area contributed by atoms with Crippen LogP contribution in [0.1, 0.15) is 18.2 Å². The molecule has 0 aliphatic rings. The predicted molar refractivity (Wildman–Crippen MR) is 48.9 cm³/mol. The molecule has 1 heterocycles. The summed E-state index contributed by atoms with van der Waals surface area (Å²) < 4.78 is 0. The number of hydrogen-bond acceptors (Lipinski definition) is 4. The third-order valence-electron chi connectivity index (χ3n) is 1.82. The van der Waals surface area contributed by atoms with Gasteiger partial charge < -0.3 is 15.9 Å². The summed E-state index contributed by atoms with van der Waals surface area (Å²) in [6.45, 7) is 0.352. The summed E-state index contributed by atoms with van der Waals surface area (Å²) in [7, 11) is 0. The zero-order valence-corrected chi connectivity index (χ0v) is 7.30. The van der Waals surface area contributed by atoms with Crippen LogP contribution >= 0.6 is 0 Å². The van der Waals surface area contributed by atoms with E-state index in [0.29, 0.717) is 18.7 Å². The van der Waals surface area contributed by atoms with E-state index < -0.39 is 12.2 Å². The molecule has 1 aromatic heterocycles. The molecule has 13 heavy (non-hydrogen) atoms. The van der Waals surface area contributed by atoms with Crippen LogP contribution in [0.15, 0.2) is 24.4 Å². The van der Waals surface area contributed by atoms with Crippen LogP contribution in [0.5, 0.6) is 0 Å². The number of rotatable bonds is 4. The first-order valence-electron chi connectivity index (χ1n) is 4.23. The molecule has 0 radical (unpaired) electrons. The van der Waals surface area contributed by atoms with Crippen molar-refractivity contribution >= 4 is 0 Å². The van der Waals surface area contributed by atoms with E-state index in [-0.39, 0.29) is 0 Å². The largest absolute Gasteiger partial charge is 0.390 e. The highest BCUT2D eigenvalue weighted by Crippen LogP contribution is 2.15. The molecule has 72 valence electrons. The van der Waals surface area contributed by atoms with Gasteiger partial charge in [-0.05, 0) is 25.1 Å². The molecule has 0 saturated heterocycles. The van der Waals surface area contributed by atoms with E-state index in [1.807, 2.05) is 0 Å². The molecule has 1 rings (SSSR count). The predicted octanol–water partition coefficient (Wildman–Crippen LogP) is -0.175. The summed E-state index contributed by atoms with van der Waals surface area (Å²) >= 11 is 0. The molecule has 0 bridgehead atoms. The Kier molecular flexibility index (Phi) is 3.82. The van der Waals surface area contributed by atoms with E-state index in [2.05, 4.69) is 4.98 Å². The average Bonchev–Trinajstić information content (AvgIpc) is 2.18. The van der Waals surface area contributed by atoms with Gasteiger partial charge in [-0.3, -0.25) is 4.98 Å². The van der Waals surface area contributed by atoms with E-state index in [0.717, 1.165) is 0 Å². The highest BCUT2D eigenvalue weighted by atomic mass is 16.3. The van der Waals surface area contributed by atoms with Crippen molar-refractivity contribution in [3.8, 4) is 0 Å². The number of nitrogens with zero attached hydrogens (tertiary/aromatic N) is 1. The molecule has 4 N–H and O–H groups in total. The number of pyridine rings is 1. The zero-order chi connectivity index (χ0) is 9.68. The van der Waals surface area contributed by atoms with Gasteiger partial charge >= 0.3 is 0 Å². The molecular weight excluding hydrogens is 168 g/mol. The normalized spacial score (nSPS) is 15.3. The third-order valence-corrected chi connectivity index (χ3v) is 1.82. The van der Waals surface area contributed by atoms with Crippen LogP contribution in [0.2, 0.25) is 0 Å². The summed E-state index contributed by atoms with van der Waals surface area (Å²) in [6, 6.07) is 5.19. The summed E-state index contributed by atoms with van der Waals surface area (Å²) in [5.41, 5.74) is 5.73. The minimum atomic E-state index is -0.940. The number of aliphatic hydroxyl groups is 2. The Bertz CT molecular complexity index is 241. The molecule has 2 unspecified atom stereocenters. The molecule has 2 atom stereocenters. The fourth-order valence-corrected chi connectivity index (χ4v) is 1.08. The van der Waals surface area contributed by atoms with Crippen LogP contribution in [0.25, 0.3) is 0 Å². The minimum Gasteiger partial charge on any atom is -0.390 e. The first-order chi connectivity index (χ1) is 6.25. The van der Waals surface area contributed by atoms with E-state index in [1.165, 1.54) is 0 Å². The summed E-state index contributed by atoms with van der Waals surface area (Å²) in [5.74, 6) is 0. The highest BCUT2D eigenvalue weighted by Gasteiger charge is 2.17. The Balaban J connectivity index is 2.62. The van der Waals surface area contributed by atoms with Gasteiger partial charge in [-0.25, -0.2) is 0 Å². The minimum absolute atomic E-state index is 0.352. The second kappa shape index (κ2) is 4.91. The van der Waals surface area contributed by atoms with Crippen LogP contribution in [0.3, 0.4) is 0 Å². The quantitative estimate of drug-likeness (QED) is 0.603. The zero-order valence-electron chi connectivity index (χ0n) is 7.30. The van der Waals surface area contributed by atoms with Crippen molar-refractivity contribution in [2.45, 2.75) is 18.6 Å². The molecular formula is C9H14N2O2. The molecule has 0 aliphatic heterocycles. The van der Waals surface area contributed by atoms with Crippen LogP contribution in [0.4, 0.5) is 0 Å². The van der Waals surface area contributed by atoms with Gasteiger partial charge in [0.2, 0.25) is 0 Å². The van der Waals surface area contributed by atoms with E-state index in [9.17, 15) is 10.2 Å². The maximum atomic E-state index is 9.55. The highest BCUT2D eigenvalue weighted by molar-refractivity contribution is 5.07. The Morgan fingerprint density at radius 2 is 2.15 bits per heavy atom. The standard InChI is InChI=1S/C9H14N2O2/c10-5-4-8(12)9(13)7-3-1-2-6-11-7/h1-3,6,8-9,12-13H,4-5,10H2. The van der Waals surface area contributed by atoms with E-state index >= 15 is 0 Å². The smallest absolute Gasteiger partial charge is 0.122 e. The second-order valence-corrected chi connectivity index (χ2v) is 2.84. The van der Waals surface area contributed by atoms with Crippen molar-refractivity contribution in [3.63, 3.8) is 0 Å². The number of hydrogen-bond donors (Lipinski definition) is 3. The van der Waals surface area contributed by atoms with Gasteiger partial charge in [0.25, 0.3) is 0 Å². The Hall–Kier alpha value is -0.970. The number of aliphatic hydroxyl groups excluding tert-OH is 2. The van der Waals surface area contributed by atoms with Gasteiger partial charge in [-0.1, -0.05) is 6.07 Å².